The van der Waals surface area contributed by atoms with Crippen molar-refractivity contribution < 1.29 is 9.59 Å². The van der Waals surface area contributed by atoms with E-state index < -0.39 is 0 Å². The summed E-state index contributed by atoms with van der Waals surface area (Å²) in [6.45, 7) is 2.78. The van der Waals surface area contributed by atoms with Crippen LogP contribution in [-0.4, -0.2) is 39.3 Å². The molecule has 0 saturated carbocycles. The molecule has 0 fully saturated rings. The number of carbonyl (C=O) groups is 2. The Morgan fingerprint density at radius 1 is 0.783 bits per heavy atom. The van der Waals surface area contributed by atoms with Crippen molar-refractivity contribution in [2.75, 3.05) is 37.5 Å². The molecule has 0 atom stereocenters. The molecule has 4 heteroatoms. The molecule has 0 unspecified atom stereocenters. The van der Waals surface area contributed by atoms with E-state index in [9.17, 15) is 9.59 Å². The highest BCUT2D eigenvalue weighted by Gasteiger charge is 2.34. The number of nitrogens with zero attached hydrogens (tertiary/aromatic N) is 2. The van der Waals surface area contributed by atoms with Crippen molar-refractivity contribution in [3.8, 4) is 0 Å². The van der Waals surface area contributed by atoms with Crippen molar-refractivity contribution >= 4 is 22.9 Å². The van der Waals surface area contributed by atoms with Crippen LogP contribution in [0.15, 0.2) is 36.4 Å². The zero-order chi connectivity index (χ0) is 16.7. The minimum Gasteiger partial charge on any atom is -0.377 e. The van der Waals surface area contributed by atoms with Gasteiger partial charge in [0, 0.05) is 50.2 Å². The van der Waals surface area contributed by atoms with E-state index in [0.717, 1.165) is 17.9 Å². The third-order valence-electron chi connectivity index (χ3n) is 4.40. The predicted molar refractivity (Wildman–Crippen MR) is 93.0 cm³/mol. The summed E-state index contributed by atoms with van der Waals surface area (Å²) in [5, 5.41) is 0. The number of rotatable bonds is 3. The van der Waals surface area contributed by atoms with E-state index in [2.05, 4.69) is 0 Å². The maximum Gasteiger partial charge on any atom is 0.196 e. The van der Waals surface area contributed by atoms with Crippen LogP contribution in [-0.2, 0) is 0 Å². The molecule has 0 heterocycles. The molecule has 3 rings (SSSR count). The van der Waals surface area contributed by atoms with E-state index >= 15 is 0 Å². The van der Waals surface area contributed by atoms with Crippen molar-refractivity contribution in [1.29, 1.82) is 0 Å². The molecule has 2 aromatic rings. The molecule has 118 valence electrons. The van der Waals surface area contributed by atoms with Crippen LogP contribution in [0.5, 0.6) is 0 Å². The highest BCUT2D eigenvalue weighted by atomic mass is 16.1. The average Bonchev–Trinajstić information content (AvgIpc) is 2.57. The Morgan fingerprint density at radius 3 is 1.74 bits per heavy atom. The largest absolute Gasteiger partial charge is 0.377 e. The summed E-state index contributed by atoms with van der Waals surface area (Å²) in [4.78, 5) is 30.0. The van der Waals surface area contributed by atoms with E-state index in [1.54, 1.807) is 24.3 Å². The van der Waals surface area contributed by atoms with Gasteiger partial charge in [0.05, 0.1) is 11.1 Å². The van der Waals surface area contributed by atoms with Gasteiger partial charge in [-0.05, 0) is 19.1 Å². The molecule has 0 aromatic heterocycles. The van der Waals surface area contributed by atoms with Crippen LogP contribution in [0.4, 0.5) is 11.4 Å². The van der Waals surface area contributed by atoms with Gasteiger partial charge in [0.1, 0.15) is 0 Å². The molecule has 0 aliphatic heterocycles. The zero-order valence-corrected chi connectivity index (χ0v) is 13.9. The molecule has 0 bridgehead atoms. The lowest BCUT2D eigenvalue weighted by Crippen LogP contribution is -2.28. The maximum atomic E-state index is 13.1. The van der Waals surface area contributed by atoms with Crippen molar-refractivity contribution in [2.24, 2.45) is 0 Å². The van der Waals surface area contributed by atoms with Gasteiger partial charge in [-0.15, -0.1) is 0 Å². The predicted octanol–water partition coefficient (Wildman–Crippen LogP) is 2.98. The van der Waals surface area contributed by atoms with Gasteiger partial charge in [-0.2, -0.15) is 0 Å². The second-order valence-corrected chi connectivity index (χ2v) is 5.97. The van der Waals surface area contributed by atoms with Crippen LogP contribution < -0.4 is 9.80 Å². The van der Waals surface area contributed by atoms with Crippen LogP contribution in [0.2, 0.25) is 0 Å². The highest BCUT2D eigenvalue weighted by molar-refractivity contribution is 6.32. The molecule has 2 aromatic carbocycles. The Kier molecular flexibility index (Phi) is 3.68. The molecule has 1 aliphatic rings. The highest BCUT2D eigenvalue weighted by Crippen LogP contribution is 2.38. The molecule has 0 saturated heterocycles. The third-order valence-corrected chi connectivity index (χ3v) is 4.40. The standard InChI is InChI=1S/C19H20N2O2/c1-5-21(4)15-11-10-14(20(2)3)16-17(15)19(23)13-9-7-6-8-12(13)18(16)22/h6-11H,5H2,1-4H3. The zero-order valence-electron chi connectivity index (χ0n) is 13.9. The molecule has 4 nitrogen and oxygen atoms in total. The number of ketones is 2. The number of fused-ring (bicyclic) bond motifs is 2. The van der Waals surface area contributed by atoms with Gasteiger partial charge < -0.3 is 9.80 Å². The van der Waals surface area contributed by atoms with Crippen LogP contribution in [0.1, 0.15) is 38.8 Å². The summed E-state index contributed by atoms with van der Waals surface area (Å²) in [5.74, 6) is -0.153. The smallest absolute Gasteiger partial charge is 0.196 e. The Hall–Kier alpha value is -2.62. The fourth-order valence-corrected chi connectivity index (χ4v) is 3.05. The van der Waals surface area contributed by atoms with Crippen molar-refractivity contribution in [3.05, 3.63) is 58.7 Å². The first-order valence-electron chi connectivity index (χ1n) is 7.71. The first kappa shape index (κ1) is 15.3. The molecule has 0 amide bonds. The summed E-state index contributed by atoms with van der Waals surface area (Å²) < 4.78 is 0. The van der Waals surface area contributed by atoms with Crippen LogP contribution in [0, 0.1) is 0 Å². The second kappa shape index (κ2) is 5.54. The van der Waals surface area contributed by atoms with Crippen molar-refractivity contribution in [3.63, 3.8) is 0 Å². The first-order valence-corrected chi connectivity index (χ1v) is 7.71. The van der Waals surface area contributed by atoms with Crippen LogP contribution >= 0.6 is 0 Å². The van der Waals surface area contributed by atoms with Crippen molar-refractivity contribution in [1.82, 2.24) is 0 Å². The molecular weight excluding hydrogens is 288 g/mol. The van der Waals surface area contributed by atoms with E-state index in [1.165, 1.54) is 0 Å². The quantitative estimate of drug-likeness (QED) is 0.746. The Labute approximate surface area is 136 Å². The lowest BCUT2D eigenvalue weighted by Gasteiger charge is -2.28. The van der Waals surface area contributed by atoms with E-state index in [0.29, 0.717) is 22.3 Å². The van der Waals surface area contributed by atoms with Gasteiger partial charge in [-0.3, -0.25) is 9.59 Å². The molecule has 1 aliphatic carbocycles. The third kappa shape index (κ3) is 2.22. The number of benzene rings is 2. The van der Waals surface area contributed by atoms with Gasteiger partial charge in [0.2, 0.25) is 0 Å². The van der Waals surface area contributed by atoms with Gasteiger partial charge in [-0.1, -0.05) is 24.3 Å². The van der Waals surface area contributed by atoms with Gasteiger partial charge in [-0.25, -0.2) is 0 Å². The lowest BCUT2D eigenvalue weighted by atomic mass is 9.82. The number of hydrogen-bond donors (Lipinski definition) is 0. The van der Waals surface area contributed by atoms with Crippen LogP contribution in [0.3, 0.4) is 0 Å². The number of hydrogen-bond acceptors (Lipinski definition) is 4. The fraction of sp³-hybridized carbons (Fsp3) is 0.263. The van der Waals surface area contributed by atoms with Gasteiger partial charge >= 0.3 is 0 Å². The minimum absolute atomic E-state index is 0.0748. The van der Waals surface area contributed by atoms with Crippen LogP contribution in [0.25, 0.3) is 0 Å². The molecule has 23 heavy (non-hydrogen) atoms. The normalized spacial score (nSPS) is 12.7. The van der Waals surface area contributed by atoms with E-state index in [1.807, 2.05) is 50.0 Å². The number of anilines is 2. The lowest BCUT2D eigenvalue weighted by molar-refractivity contribution is 0.0980. The second-order valence-electron chi connectivity index (χ2n) is 5.97. The summed E-state index contributed by atoms with van der Waals surface area (Å²) in [5.41, 5.74) is 3.60. The van der Waals surface area contributed by atoms with Crippen molar-refractivity contribution in [2.45, 2.75) is 6.92 Å². The summed E-state index contributed by atoms with van der Waals surface area (Å²) in [7, 11) is 5.71. The Morgan fingerprint density at radius 2 is 1.26 bits per heavy atom. The maximum absolute atomic E-state index is 13.1. The SMILES string of the molecule is CCN(C)c1ccc(N(C)C)c2c1C(=O)c1ccccc1C2=O. The molecule has 0 radical (unpaired) electrons. The van der Waals surface area contributed by atoms with Gasteiger partial charge in [0.25, 0.3) is 0 Å². The minimum atomic E-state index is -0.0785. The Bertz CT molecular complexity index is 809. The Balaban J connectivity index is 2.36. The molecule has 0 spiro atoms. The summed E-state index contributed by atoms with van der Waals surface area (Å²) in [6, 6.07) is 10.9. The van der Waals surface area contributed by atoms with E-state index in [-0.39, 0.29) is 11.6 Å². The molecular formula is C19H20N2O2. The number of carbonyl (C=O) groups excluding carboxylic acids is 2. The topological polar surface area (TPSA) is 40.6 Å². The van der Waals surface area contributed by atoms with Gasteiger partial charge in [0.15, 0.2) is 11.6 Å². The summed E-state index contributed by atoms with van der Waals surface area (Å²) in [6.07, 6.45) is 0. The molecule has 0 N–H and O–H groups in total. The first-order chi connectivity index (χ1) is 11.0. The summed E-state index contributed by atoms with van der Waals surface area (Å²) >= 11 is 0. The van der Waals surface area contributed by atoms with E-state index in [4.69, 9.17) is 0 Å². The fourth-order valence-electron chi connectivity index (χ4n) is 3.05. The average molecular weight is 308 g/mol. The monoisotopic (exact) mass is 308 g/mol.